The lowest BCUT2D eigenvalue weighted by molar-refractivity contribution is 0.172. The Kier molecular flexibility index (Phi) is 6.59. The van der Waals surface area contributed by atoms with Crippen molar-refractivity contribution in [1.82, 2.24) is 14.5 Å². The number of pyridine rings is 1. The minimum Gasteiger partial charge on any atom is -0.380 e. The topological polar surface area (TPSA) is 50.3 Å². The molecule has 5 nitrogen and oxygen atoms in total. The second-order valence-corrected chi connectivity index (χ2v) is 9.88. The molecule has 0 saturated carbocycles. The standard InChI is InChI=1S/C27H37N3O2/c1-17(2)25-23-14-20(19-9-11-30(12-10-19)18(3)4)7-8-24(23)28-26(25)21-13-22(16-32-6)27(31)29(5)15-21/h7-8,13-15,17-19,28H,9-12,16H2,1-6H3. The van der Waals surface area contributed by atoms with E-state index < -0.39 is 0 Å². The van der Waals surface area contributed by atoms with Gasteiger partial charge in [0.15, 0.2) is 0 Å². The highest BCUT2D eigenvalue weighted by molar-refractivity contribution is 5.92. The number of nitrogens with one attached hydrogen (secondary N) is 1. The molecular formula is C27H37N3O2. The maximum absolute atomic E-state index is 12.5. The molecule has 1 fully saturated rings. The molecule has 0 unspecified atom stereocenters. The van der Waals surface area contributed by atoms with Crippen LogP contribution in [0.25, 0.3) is 22.2 Å². The average Bonchev–Trinajstić information content (AvgIpc) is 3.16. The predicted molar refractivity (Wildman–Crippen MR) is 132 cm³/mol. The summed E-state index contributed by atoms with van der Waals surface area (Å²) in [5, 5.41) is 1.31. The molecule has 1 saturated heterocycles. The number of hydrogen-bond donors (Lipinski definition) is 1. The molecule has 0 bridgehead atoms. The molecule has 1 N–H and O–H groups in total. The van der Waals surface area contributed by atoms with Gasteiger partial charge in [0.2, 0.25) is 0 Å². The van der Waals surface area contributed by atoms with Gasteiger partial charge in [0.1, 0.15) is 0 Å². The summed E-state index contributed by atoms with van der Waals surface area (Å²) >= 11 is 0. The number of benzene rings is 1. The molecule has 1 aromatic carbocycles. The van der Waals surface area contributed by atoms with Crippen molar-refractivity contribution < 1.29 is 4.74 Å². The Bertz CT molecular complexity index is 1150. The van der Waals surface area contributed by atoms with Crippen LogP contribution in [0, 0.1) is 0 Å². The predicted octanol–water partition coefficient (Wildman–Crippen LogP) is 5.39. The monoisotopic (exact) mass is 435 g/mol. The molecule has 5 heteroatoms. The van der Waals surface area contributed by atoms with Crippen LogP contribution in [0.2, 0.25) is 0 Å². The first-order chi connectivity index (χ1) is 15.3. The van der Waals surface area contributed by atoms with Crippen molar-refractivity contribution in [2.45, 2.75) is 65.0 Å². The maximum Gasteiger partial charge on any atom is 0.255 e. The molecule has 172 valence electrons. The van der Waals surface area contributed by atoms with Crippen molar-refractivity contribution in [2.75, 3.05) is 20.2 Å². The smallest absolute Gasteiger partial charge is 0.255 e. The average molecular weight is 436 g/mol. The Morgan fingerprint density at radius 1 is 1.12 bits per heavy atom. The van der Waals surface area contributed by atoms with Gasteiger partial charge in [-0.25, -0.2) is 0 Å². The Morgan fingerprint density at radius 3 is 2.47 bits per heavy atom. The molecule has 0 amide bonds. The molecule has 1 aliphatic heterocycles. The Labute approximate surface area is 191 Å². The first kappa shape index (κ1) is 22.8. The normalized spacial score (nSPS) is 16.0. The third-order valence-electron chi connectivity index (χ3n) is 7.02. The number of piperidine rings is 1. The van der Waals surface area contributed by atoms with E-state index in [9.17, 15) is 4.79 Å². The van der Waals surface area contributed by atoms with Gasteiger partial charge >= 0.3 is 0 Å². The molecule has 32 heavy (non-hydrogen) atoms. The summed E-state index contributed by atoms with van der Waals surface area (Å²) in [5.41, 5.74) is 6.75. The van der Waals surface area contributed by atoms with E-state index in [4.69, 9.17) is 4.74 Å². The summed E-state index contributed by atoms with van der Waals surface area (Å²) in [4.78, 5) is 18.7. The van der Waals surface area contributed by atoms with Crippen molar-refractivity contribution in [1.29, 1.82) is 0 Å². The fourth-order valence-electron chi connectivity index (χ4n) is 5.24. The second-order valence-electron chi connectivity index (χ2n) is 9.88. The van der Waals surface area contributed by atoms with E-state index in [1.165, 1.54) is 42.4 Å². The maximum atomic E-state index is 12.5. The molecular weight excluding hydrogens is 398 g/mol. The molecule has 3 heterocycles. The highest BCUT2D eigenvalue weighted by Crippen LogP contribution is 2.38. The third-order valence-corrected chi connectivity index (χ3v) is 7.02. The first-order valence-corrected chi connectivity index (χ1v) is 11.9. The SMILES string of the molecule is COCc1cc(-c2[nH]c3ccc(C4CCN(C(C)C)CC4)cc3c2C(C)C)cn(C)c1=O. The molecule has 0 radical (unpaired) electrons. The highest BCUT2D eigenvalue weighted by Gasteiger charge is 2.24. The van der Waals surface area contributed by atoms with Crippen LogP contribution in [-0.2, 0) is 18.4 Å². The number of aromatic amines is 1. The van der Waals surface area contributed by atoms with Gasteiger partial charge in [-0.1, -0.05) is 19.9 Å². The van der Waals surface area contributed by atoms with Crippen molar-refractivity contribution >= 4 is 10.9 Å². The van der Waals surface area contributed by atoms with Gasteiger partial charge in [-0.15, -0.1) is 0 Å². The molecule has 0 spiro atoms. The summed E-state index contributed by atoms with van der Waals surface area (Å²) < 4.78 is 6.93. The lowest BCUT2D eigenvalue weighted by atomic mass is 9.87. The summed E-state index contributed by atoms with van der Waals surface area (Å²) in [6, 6.07) is 9.57. The number of fused-ring (bicyclic) bond motifs is 1. The van der Waals surface area contributed by atoms with Crippen molar-refractivity contribution in [2.24, 2.45) is 7.05 Å². The molecule has 3 aromatic rings. The van der Waals surface area contributed by atoms with Crippen LogP contribution in [0.4, 0.5) is 0 Å². The summed E-state index contributed by atoms with van der Waals surface area (Å²) in [5.74, 6) is 0.985. The molecule has 1 aliphatic rings. The molecule has 4 rings (SSSR count). The number of methoxy groups -OCH3 is 1. The third kappa shape index (κ3) is 4.28. The number of hydrogen-bond acceptors (Lipinski definition) is 3. The van der Waals surface area contributed by atoms with Crippen LogP contribution in [-0.4, -0.2) is 40.7 Å². The van der Waals surface area contributed by atoms with E-state index in [0.29, 0.717) is 30.0 Å². The zero-order valence-corrected chi connectivity index (χ0v) is 20.4. The van der Waals surface area contributed by atoms with Gasteiger partial charge < -0.3 is 19.2 Å². The minimum atomic E-state index is -0.00663. The van der Waals surface area contributed by atoms with Crippen LogP contribution in [0.1, 0.15) is 69.1 Å². The zero-order valence-electron chi connectivity index (χ0n) is 20.4. The Balaban J connectivity index is 1.76. The van der Waals surface area contributed by atoms with Crippen LogP contribution in [0.15, 0.2) is 35.3 Å². The van der Waals surface area contributed by atoms with Crippen molar-refractivity contribution in [3.63, 3.8) is 0 Å². The van der Waals surface area contributed by atoms with Gasteiger partial charge in [-0.3, -0.25) is 4.79 Å². The summed E-state index contributed by atoms with van der Waals surface area (Å²) in [6.45, 7) is 11.7. The van der Waals surface area contributed by atoms with E-state index in [2.05, 4.69) is 55.8 Å². The van der Waals surface area contributed by atoms with Crippen LogP contribution >= 0.6 is 0 Å². The van der Waals surface area contributed by atoms with Crippen LogP contribution in [0.3, 0.4) is 0 Å². The number of aryl methyl sites for hydroxylation is 1. The van der Waals surface area contributed by atoms with E-state index in [1.807, 2.05) is 19.3 Å². The fraction of sp³-hybridized carbons (Fsp3) is 0.519. The second kappa shape index (κ2) is 9.24. The van der Waals surface area contributed by atoms with Gasteiger partial charge in [0.25, 0.3) is 5.56 Å². The van der Waals surface area contributed by atoms with E-state index >= 15 is 0 Å². The van der Waals surface area contributed by atoms with Gasteiger partial charge in [0, 0.05) is 48.4 Å². The van der Waals surface area contributed by atoms with Gasteiger partial charge in [-0.05, 0) is 80.9 Å². The highest BCUT2D eigenvalue weighted by atomic mass is 16.5. The van der Waals surface area contributed by atoms with Gasteiger partial charge in [-0.2, -0.15) is 0 Å². The van der Waals surface area contributed by atoms with Crippen molar-refractivity contribution in [3.05, 3.63) is 57.5 Å². The number of H-pyrrole nitrogens is 1. The minimum absolute atomic E-state index is 0.00663. The lowest BCUT2D eigenvalue weighted by Crippen LogP contribution is -2.37. The Hall–Kier alpha value is -2.37. The van der Waals surface area contributed by atoms with Crippen LogP contribution < -0.4 is 5.56 Å². The quantitative estimate of drug-likeness (QED) is 0.565. The number of rotatable bonds is 6. The van der Waals surface area contributed by atoms with E-state index in [1.54, 1.807) is 11.7 Å². The fourth-order valence-corrected chi connectivity index (χ4v) is 5.24. The molecule has 0 atom stereocenters. The number of aromatic nitrogens is 2. The van der Waals surface area contributed by atoms with Gasteiger partial charge in [0.05, 0.1) is 12.3 Å². The van der Waals surface area contributed by atoms with Crippen molar-refractivity contribution in [3.8, 4) is 11.3 Å². The lowest BCUT2D eigenvalue weighted by Gasteiger charge is -2.34. The molecule has 0 aliphatic carbocycles. The summed E-state index contributed by atoms with van der Waals surface area (Å²) in [7, 11) is 3.44. The number of nitrogens with zero attached hydrogens (tertiary/aromatic N) is 2. The first-order valence-electron chi connectivity index (χ1n) is 11.9. The van der Waals surface area contributed by atoms with E-state index in [0.717, 1.165) is 16.8 Å². The number of ether oxygens (including phenoxy) is 1. The van der Waals surface area contributed by atoms with E-state index in [-0.39, 0.29) is 5.56 Å². The molecule has 2 aromatic heterocycles. The Morgan fingerprint density at radius 2 is 1.84 bits per heavy atom. The largest absolute Gasteiger partial charge is 0.380 e. The number of likely N-dealkylation sites (tertiary alicyclic amines) is 1. The summed E-state index contributed by atoms with van der Waals surface area (Å²) in [6.07, 6.45) is 4.37. The van der Waals surface area contributed by atoms with Crippen LogP contribution in [0.5, 0.6) is 0 Å². The zero-order chi connectivity index (χ0) is 23.0.